The zero-order valence-corrected chi connectivity index (χ0v) is 81.0. The molecule has 13 aromatic rings. The van der Waals surface area contributed by atoms with Gasteiger partial charge in [0.1, 0.15) is 57.5 Å². The van der Waals surface area contributed by atoms with E-state index in [1.807, 2.05) is 155 Å². The molecule has 5 fully saturated rings. The normalized spacial score (nSPS) is 18.4. The van der Waals surface area contributed by atoms with E-state index in [0.717, 1.165) is 138 Å². The van der Waals surface area contributed by atoms with Crippen molar-refractivity contribution in [3.05, 3.63) is 196 Å². The van der Waals surface area contributed by atoms with Crippen LogP contribution in [0.25, 0.3) is 56.8 Å². The van der Waals surface area contributed by atoms with Gasteiger partial charge in [0.05, 0.1) is 142 Å². The number of ether oxygens (including phenoxy) is 6. The standard InChI is InChI=1S/C27H30N8O3.C25H31N5O4.C25H29N5O3.C24H31N7O4/c1-16-7-4-5-10-20(16)21-11-12-28-27(32-21)30-15-23-24(33-34-35(23)3)22-14-29-25(17(2)31-22)38-19-9-6-8-18(13-19)26(36)37;1-4-13-33-23-10-6-8-18(27-23)15-21-24(28-29-30(21)3)20-11-12-22(16(2)26-20)34-19-9-5-7-17(14-19)25(31)32;1-15-23(33-19-7-3-5-17(13-19)25(31)32)12-11-21(26-15)24-22(30(2)29-28-24)14-18-6-4-8-20(27-18)16-9-10-16;1-14(2)34-21-10-11-25-24(28-21)26-13-19-22(29-30-31(19)4)18-8-9-20(15(3)27-18)35-17-7-5-6-16(12-17)23(32)33/h4-5,7,10-12,14,18-19H,6,8-9,13,15H2,1-3H3,(H,36,37)(H,28,30,32);6,8,10-12,17,19H,4-5,7,9,13-15H2,1-3H3,(H,31,32);4,6,8,11-12,16-17,19H,3,5,7,9-10,13-14H2,1-2H3,(H,31,32);8-11,14,16-17H,5-7,12-13H2,1-4H3,(H,32,33)(H,25,26,28)/t18-,19-;2*17-,19-;16-,17-/m0000/s1. The zero-order valence-electron chi connectivity index (χ0n) is 81.0. The summed E-state index contributed by atoms with van der Waals surface area (Å²) in [6.07, 6.45) is 20.7. The Labute approximate surface area is 811 Å². The largest absolute Gasteiger partial charge is 0.489 e. The number of hydrogen-bond acceptors (Lipinski definition) is 31. The van der Waals surface area contributed by atoms with Crippen LogP contribution in [0.1, 0.15) is 217 Å². The number of anilines is 2. The van der Waals surface area contributed by atoms with E-state index in [4.69, 9.17) is 48.4 Å². The zero-order chi connectivity index (χ0) is 98.6. The average Bonchev–Trinajstić information content (AvgIpc) is 1.69. The van der Waals surface area contributed by atoms with Gasteiger partial charge in [-0.3, -0.25) is 33.5 Å². The molecule has 39 nitrogen and oxygen atoms in total. The van der Waals surface area contributed by atoms with Gasteiger partial charge in [-0.2, -0.15) is 4.98 Å². The number of nitrogens with zero attached hydrogens (tertiary/aromatic N) is 23. The monoisotopic (exact) mass is 1910 g/mol. The highest BCUT2D eigenvalue weighted by atomic mass is 16.5. The van der Waals surface area contributed by atoms with E-state index < -0.39 is 23.9 Å². The van der Waals surface area contributed by atoms with Crippen LogP contribution < -0.4 is 39.1 Å². The molecule has 0 radical (unpaired) electrons. The number of aryl methyl sites for hydroxylation is 9. The molecule has 1 aromatic carbocycles. The molecule has 5 aliphatic carbocycles. The molecule has 18 rings (SSSR count). The first-order chi connectivity index (χ1) is 67.6. The molecular formula is C101H121N25O14. The molecule has 0 unspecified atom stereocenters. The average molecular weight is 1910 g/mol. The van der Waals surface area contributed by atoms with Crippen molar-refractivity contribution in [2.75, 3.05) is 17.2 Å². The second kappa shape index (κ2) is 46.5. The minimum Gasteiger partial charge on any atom is -0.489 e. The highest BCUT2D eigenvalue weighted by Crippen LogP contribution is 2.41. The fourth-order valence-corrected chi connectivity index (χ4v) is 17.7. The van der Waals surface area contributed by atoms with Crippen molar-refractivity contribution in [2.24, 2.45) is 51.9 Å². The van der Waals surface area contributed by atoms with Gasteiger partial charge in [0.2, 0.25) is 29.5 Å². The third kappa shape index (κ3) is 26.1. The number of carboxylic acids is 4. The SMILES string of the molecule is CCCOc1cccc(Cc2c(-c3ccc(O[C@H]4CCC[C@H](C(=O)O)C4)c(C)n3)nnn2C)n1.Cc1ccccc1-c1ccnc(NCc2c(-c3cnc(O[C@H]4CCC[C@H](C(=O)O)C4)c(C)n3)nnn2C)n1.Cc1nc(-c2nnn(C)c2CNc2nccc(OC(C)C)n2)ccc1O[C@H]1CCC[C@H](C(=O)O)C1.Cc1nc(-c2nnn(C)c2Cc2cccc(C3CC3)n2)ccc1O[C@H]1CCC[C@H](C(=O)O)C1. The maximum atomic E-state index is 11.4. The Kier molecular flexibility index (Phi) is 33.0. The van der Waals surface area contributed by atoms with Gasteiger partial charge in [-0.15, -0.1) is 20.4 Å². The summed E-state index contributed by atoms with van der Waals surface area (Å²) in [7, 11) is 7.38. The summed E-state index contributed by atoms with van der Waals surface area (Å²) in [5, 5.41) is 78.0. The van der Waals surface area contributed by atoms with Gasteiger partial charge in [-0.25, -0.2) is 54.2 Å². The van der Waals surface area contributed by atoms with Crippen LogP contribution in [0.15, 0.2) is 128 Å². The molecule has 12 heterocycles. The van der Waals surface area contributed by atoms with E-state index in [9.17, 15) is 39.6 Å². The quantitative estimate of drug-likeness (QED) is 0.0222. The van der Waals surface area contributed by atoms with Crippen molar-refractivity contribution < 1.29 is 68.0 Å². The number of carbonyl (C=O) groups is 4. The van der Waals surface area contributed by atoms with Crippen LogP contribution in [0.5, 0.6) is 34.9 Å². The van der Waals surface area contributed by atoms with Gasteiger partial charge in [0.25, 0.3) is 0 Å². The Hall–Kier alpha value is -15.0. The summed E-state index contributed by atoms with van der Waals surface area (Å²) in [6.45, 7) is 16.9. The first-order valence-electron chi connectivity index (χ1n) is 47.9. The summed E-state index contributed by atoms with van der Waals surface area (Å²) in [5.74, 6) is 0.697. The van der Waals surface area contributed by atoms with Crippen LogP contribution in [0, 0.1) is 58.3 Å². The third-order valence-electron chi connectivity index (χ3n) is 25.5. The van der Waals surface area contributed by atoms with Crippen molar-refractivity contribution in [1.82, 2.24) is 115 Å². The molecular weight excluding hydrogens is 1790 g/mol. The van der Waals surface area contributed by atoms with Crippen molar-refractivity contribution in [3.63, 3.8) is 0 Å². The number of hydrogen-bond donors (Lipinski definition) is 6. The van der Waals surface area contributed by atoms with Crippen LogP contribution >= 0.6 is 0 Å². The molecule has 5 saturated carbocycles. The lowest BCUT2D eigenvalue weighted by Crippen LogP contribution is -2.30. The molecule has 0 aliphatic heterocycles. The van der Waals surface area contributed by atoms with Gasteiger partial charge in [-0.05, 0) is 237 Å². The Morgan fingerprint density at radius 2 is 0.829 bits per heavy atom. The highest BCUT2D eigenvalue weighted by molar-refractivity contribution is 5.72. The molecule has 0 spiro atoms. The van der Waals surface area contributed by atoms with Crippen molar-refractivity contribution in [2.45, 2.75) is 240 Å². The lowest BCUT2D eigenvalue weighted by atomic mass is 9.87. The number of aliphatic carboxylic acids is 4. The fraction of sp³-hybridized carbons (Fsp3) is 0.455. The number of carboxylic acid groups (broad SMARTS) is 4. The molecule has 5 aliphatic rings. The number of pyridine rings is 5. The van der Waals surface area contributed by atoms with Crippen molar-refractivity contribution in [3.8, 4) is 91.7 Å². The number of rotatable bonds is 33. The van der Waals surface area contributed by atoms with Crippen LogP contribution in [-0.4, -0.2) is 196 Å². The smallest absolute Gasteiger partial charge is 0.306 e. The Balaban J connectivity index is 0.000000141. The molecule has 0 bridgehead atoms. The Bertz CT molecular complexity index is 6480. The predicted octanol–water partition coefficient (Wildman–Crippen LogP) is 15.4. The summed E-state index contributed by atoms with van der Waals surface area (Å²) in [4.78, 5) is 95.9. The molecule has 140 heavy (non-hydrogen) atoms. The van der Waals surface area contributed by atoms with Gasteiger partial charge in [0.15, 0.2) is 0 Å². The highest BCUT2D eigenvalue weighted by Gasteiger charge is 2.35. The minimum absolute atomic E-state index is 0.0172. The second-order valence-corrected chi connectivity index (χ2v) is 36.5. The Morgan fingerprint density at radius 3 is 1.27 bits per heavy atom. The molecule has 39 heteroatoms. The second-order valence-electron chi connectivity index (χ2n) is 36.5. The first-order valence-corrected chi connectivity index (χ1v) is 47.9. The topological polar surface area (TPSA) is 493 Å². The third-order valence-corrected chi connectivity index (χ3v) is 25.5. The van der Waals surface area contributed by atoms with Crippen molar-refractivity contribution >= 4 is 35.8 Å². The van der Waals surface area contributed by atoms with Crippen LogP contribution in [0.3, 0.4) is 0 Å². The lowest BCUT2D eigenvalue weighted by molar-refractivity contribution is -0.144. The van der Waals surface area contributed by atoms with E-state index in [1.54, 1.807) is 43.4 Å². The predicted molar refractivity (Wildman–Crippen MR) is 516 cm³/mol. The maximum absolute atomic E-state index is 11.4. The van der Waals surface area contributed by atoms with Crippen LogP contribution in [-0.2, 0) is 73.3 Å². The molecule has 6 N–H and O–H groups in total. The first kappa shape index (κ1) is 99.5. The molecule has 734 valence electrons. The van der Waals surface area contributed by atoms with E-state index in [0.29, 0.717) is 176 Å². The number of nitrogens with one attached hydrogen (secondary N) is 2. The van der Waals surface area contributed by atoms with Gasteiger partial charge in [0, 0.05) is 88.4 Å². The van der Waals surface area contributed by atoms with E-state index >= 15 is 0 Å². The number of aromatic nitrogens is 23. The number of benzene rings is 1. The summed E-state index contributed by atoms with van der Waals surface area (Å²) >= 11 is 0. The lowest BCUT2D eigenvalue weighted by Gasteiger charge is -2.27. The Morgan fingerprint density at radius 1 is 0.407 bits per heavy atom. The van der Waals surface area contributed by atoms with Gasteiger partial charge >= 0.3 is 23.9 Å². The molecule has 12 aromatic heterocycles. The van der Waals surface area contributed by atoms with Gasteiger partial charge in [-0.1, -0.05) is 64.2 Å². The maximum Gasteiger partial charge on any atom is 0.306 e. The van der Waals surface area contributed by atoms with Crippen LogP contribution in [0.4, 0.5) is 11.9 Å². The van der Waals surface area contributed by atoms with E-state index in [-0.39, 0.29) is 54.2 Å². The van der Waals surface area contributed by atoms with Crippen LogP contribution in [0.2, 0.25) is 0 Å². The van der Waals surface area contributed by atoms with E-state index in [1.165, 1.54) is 18.5 Å². The van der Waals surface area contributed by atoms with E-state index in [2.05, 4.69) is 119 Å². The molecule has 0 amide bonds. The molecule has 8 atom stereocenters. The fourth-order valence-electron chi connectivity index (χ4n) is 17.7. The molecule has 0 saturated heterocycles. The summed E-state index contributed by atoms with van der Waals surface area (Å²) in [6, 6.07) is 35.0. The van der Waals surface area contributed by atoms with Crippen molar-refractivity contribution in [1.29, 1.82) is 0 Å². The summed E-state index contributed by atoms with van der Waals surface area (Å²) in [5.41, 5.74) is 17.8. The summed E-state index contributed by atoms with van der Waals surface area (Å²) < 4.78 is 42.7. The van der Waals surface area contributed by atoms with Gasteiger partial charge < -0.3 is 59.5 Å². The minimum atomic E-state index is -0.771.